The predicted octanol–water partition coefficient (Wildman–Crippen LogP) is 7.35. The van der Waals surface area contributed by atoms with E-state index >= 15 is 0 Å². The van der Waals surface area contributed by atoms with Gasteiger partial charge in [0.2, 0.25) is 5.95 Å². The third kappa shape index (κ3) is 6.48. The lowest BCUT2D eigenvalue weighted by molar-refractivity contribution is -0.131. The van der Waals surface area contributed by atoms with Crippen molar-refractivity contribution < 1.29 is 19.3 Å². The maximum Gasteiger partial charge on any atom is 0.280 e. The quantitative estimate of drug-likeness (QED) is 0.110. The van der Waals surface area contributed by atoms with Crippen LogP contribution < -0.4 is 11.3 Å². The lowest BCUT2D eigenvalue weighted by Gasteiger charge is -2.41. The molecule has 3 heterocycles. The molecule has 288 valence electrons. The molecule has 0 unspecified atom stereocenters. The van der Waals surface area contributed by atoms with E-state index < -0.39 is 41.3 Å². The van der Waals surface area contributed by atoms with Crippen LogP contribution in [0.3, 0.4) is 0 Å². The number of imidazole rings is 1. The van der Waals surface area contributed by atoms with Crippen LogP contribution in [0.4, 0.5) is 5.95 Å². The maximum atomic E-state index is 12.9. The number of hydrogen-bond acceptors (Lipinski definition) is 8. The van der Waals surface area contributed by atoms with Gasteiger partial charge in [-0.15, -0.1) is 0 Å². The first-order valence-electron chi connectivity index (χ1n) is 19.2. The van der Waals surface area contributed by atoms with Crippen molar-refractivity contribution >= 4 is 17.1 Å². The van der Waals surface area contributed by atoms with Crippen LogP contribution in [0.25, 0.3) is 11.2 Å². The second-order valence-electron chi connectivity index (χ2n) is 14.3. The lowest BCUT2D eigenvalue weighted by atomic mass is 9.79. The zero-order chi connectivity index (χ0) is 39.5. The van der Waals surface area contributed by atoms with E-state index in [4.69, 9.17) is 19.9 Å². The molecule has 10 nitrogen and oxygen atoms in total. The van der Waals surface area contributed by atoms with E-state index in [-0.39, 0.29) is 23.7 Å². The molecule has 9 rings (SSSR count). The van der Waals surface area contributed by atoms with Crippen molar-refractivity contribution in [2.75, 3.05) is 12.3 Å². The molecule has 58 heavy (non-hydrogen) atoms. The van der Waals surface area contributed by atoms with Gasteiger partial charge in [0.25, 0.3) is 5.56 Å². The predicted molar refractivity (Wildman–Crippen MR) is 222 cm³/mol. The third-order valence-corrected chi connectivity index (χ3v) is 10.9. The Labute approximate surface area is 335 Å². The van der Waals surface area contributed by atoms with Gasteiger partial charge in [-0.25, -0.2) is 4.98 Å². The number of aliphatic hydroxyl groups excluding tert-OH is 1. The molecule has 0 amide bonds. The first-order valence-corrected chi connectivity index (χ1v) is 19.2. The number of nitrogens with one attached hydrogen (secondary N) is 1. The molecule has 2 aromatic heterocycles. The van der Waals surface area contributed by atoms with Gasteiger partial charge in [0.15, 0.2) is 17.4 Å². The number of rotatable bonds is 12. The van der Waals surface area contributed by atoms with Crippen molar-refractivity contribution in [2.24, 2.45) is 0 Å². The van der Waals surface area contributed by atoms with E-state index in [1.54, 1.807) is 0 Å². The largest absolute Gasteiger partial charge is 0.386 e. The van der Waals surface area contributed by atoms with Crippen LogP contribution in [0.15, 0.2) is 193 Å². The number of ether oxygens (including phenoxy) is 3. The van der Waals surface area contributed by atoms with Crippen molar-refractivity contribution in [2.45, 2.75) is 35.7 Å². The fourth-order valence-electron chi connectivity index (χ4n) is 8.26. The third-order valence-electron chi connectivity index (χ3n) is 10.9. The molecule has 0 aliphatic carbocycles. The zero-order valence-corrected chi connectivity index (χ0v) is 31.4. The second kappa shape index (κ2) is 15.7. The molecule has 4 N–H and O–H groups in total. The van der Waals surface area contributed by atoms with Gasteiger partial charge in [0.1, 0.15) is 29.5 Å². The van der Waals surface area contributed by atoms with E-state index in [0.717, 1.165) is 33.4 Å². The van der Waals surface area contributed by atoms with Crippen molar-refractivity contribution in [3.63, 3.8) is 0 Å². The molecule has 0 saturated carbocycles. The molecule has 1 saturated heterocycles. The fraction of sp³-hybridized carbons (Fsp3) is 0.146. The molecule has 1 fully saturated rings. The minimum Gasteiger partial charge on any atom is -0.386 e. The highest BCUT2D eigenvalue weighted by molar-refractivity contribution is 5.70. The van der Waals surface area contributed by atoms with E-state index in [1.165, 1.54) is 10.9 Å². The summed E-state index contributed by atoms with van der Waals surface area (Å²) in [4.78, 5) is 24.2. The van der Waals surface area contributed by atoms with Crippen LogP contribution in [0.5, 0.6) is 0 Å². The topological polar surface area (TPSA) is 138 Å². The molecule has 1 aliphatic heterocycles. The molecule has 8 aromatic rings. The normalized spacial score (nSPS) is 18.4. The number of fused-ring (bicyclic) bond motifs is 1. The summed E-state index contributed by atoms with van der Waals surface area (Å²) in [5, 5.41) is 12.7. The molecule has 0 bridgehead atoms. The van der Waals surface area contributed by atoms with Crippen LogP contribution >= 0.6 is 0 Å². The molecular formula is C48H41N5O5. The zero-order valence-electron chi connectivity index (χ0n) is 31.4. The van der Waals surface area contributed by atoms with E-state index in [9.17, 15) is 9.90 Å². The Kier molecular flexibility index (Phi) is 9.98. The van der Waals surface area contributed by atoms with Crippen LogP contribution in [-0.2, 0) is 25.4 Å². The number of anilines is 1. The Bertz CT molecular complexity index is 2450. The number of aliphatic hydroxyl groups is 1. The number of benzene rings is 6. The number of H-pyrrole nitrogens is 1. The van der Waals surface area contributed by atoms with Gasteiger partial charge in [-0.3, -0.25) is 14.3 Å². The summed E-state index contributed by atoms with van der Waals surface area (Å²) >= 11 is 0. The summed E-state index contributed by atoms with van der Waals surface area (Å²) < 4.78 is 23.3. The van der Waals surface area contributed by atoms with Gasteiger partial charge in [0.05, 0.1) is 12.9 Å². The SMILES string of the molecule is Nc1nc2c(ncn2[C@@H]2O[C@H](COC(c3ccccc3)(c3ccccc3)c3ccccc3)[C@@H](OC(c3ccccc3)(c3ccccc3)c3ccccc3)[C@H]2O)c(=O)[nH]1. The average molecular weight is 768 g/mol. The summed E-state index contributed by atoms with van der Waals surface area (Å²) in [5.74, 6) is -0.0889. The Balaban J connectivity index is 1.22. The van der Waals surface area contributed by atoms with Gasteiger partial charge in [-0.2, -0.15) is 4.98 Å². The summed E-state index contributed by atoms with van der Waals surface area (Å²) in [6.07, 6.45) is -2.90. The maximum absolute atomic E-state index is 12.9. The summed E-state index contributed by atoms with van der Waals surface area (Å²) in [5.41, 5.74) is 8.70. The highest BCUT2D eigenvalue weighted by Gasteiger charge is 2.52. The van der Waals surface area contributed by atoms with Gasteiger partial charge >= 0.3 is 0 Å². The minimum atomic E-state index is -1.32. The summed E-state index contributed by atoms with van der Waals surface area (Å²) in [7, 11) is 0. The Morgan fingerprint density at radius 3 is 1.45 bits per heavy atom. The van der Waals surface area contributed by atoms with Crippen molar-refractivity contribution in [1.29, 1.82) is 0 Å². The number of aromatic amines is 1. The van der Waals surface area contributed by atoms with Crippen molar-refractivity contribution in [3.05, 3.63) is 232 Å². The fourth-order valence-corrected chi connectivity index (χ4v) is 8.26. The van der Waals surface area contributed by atoms with Crippen LogP contribution in [0.1, 0.15) is 39.6 Å². The Hall–Kier alpha value is -6.69. The number of hydrogen-bond donors (Lipinski definition) is 3. The molecule has 0 radical (unpaired) electrons. The molecule has 6 aromatic carbocycles. The van der Waals surface area contributed by atoms with Gasteiger partial charge < -0.3 is 25.1 Å². The standard InChI is InChI=1S/C48H41N5O5/c49-46-51-43-40(44(55)52-46)50-32-53(43)45-41(54)42(58-48(36-25-13-4-14-26-36,37-27-15-5-16-28-37)38-29-17-6-18-30-38)39(57-45)31-56-47(33-19-7-1-8-20-33,34-21-9-2-10-22-34)35-23-11-3-12-24-35/h1-30,32,39,41-42,45,54H,31H2,(H3,49,51,52,55)/t39-,41-,42-,45-/m1/s1. The minimum absolute atomic E-state index is 0.0336. The van der Waals surface area contributed by atoms with E-state index in [1.807, 2.05) is 146 Å². The first-order chi connectivity index (χ1) is 28.5. The van der Waals surface area contributed by atoms with Gasteiger partial charge in [-0.05, 0) is 33.4 Å². The second-order valence-corrected chi connectivity index (χ2v) is 14.3. The Morgan fingerprint density at radius 1 is 0.638 bits per heavy atom. The molecule has 10 heteroatoms. The van der Waals surface area contributed by atoms with Crippen LogP contribution in [0, 0.1) is 0 Å². The van der Waals surface area contributed by atoms with Crippen molar-refractivity contribution in [1.82, 2.24) is 19.5 Å². The number of nitrogens with zero attached hydrogens (tertiary/aromatic N) is 3. The van der Waals surface area contributed by atoms with Crippen molar-refractivity contribution in [3.8, 4) is 0 Å². The molecule has 4 atom stereocenters. The summed E-state index contributed by atoms with van der Waals surface area (Å²) in [6, 6.07) is 60.1. The van der Waals surface area contributed by atoms with Crippen LogP contribution in [-0.4, -0.2) is 49.5 Å². The summed E-state index contributed by atoms with van der Waals surface area (Å²) in [6.45, 7) is -0.0336. The number of nitrogens with two attached hydrogens (primary N) is 1. The van der Waals surface area contributed by atoms with Gasteiger partial charge in [-0.1, -0.05) is 182 Å². The van der Waals surface area contributed by atoms with Gasteiger partial charge in [0, 0.05) is 0 Å². The Morgan fingerprint density at radius 2 is 1.03 bits per heavy atom. The first kappa shape index (κ1) is 36.9. The molecule has 1 aliphatic rings. The highest BCUT2D eigenvalue weighted by atomic mass is 16.6. The van der Waals surface area contributed by atoms with E-state index in [2.05, 4.69) is 51.4 Å². The highest BCUT2D eigenvalue weighted by Crippen LogP contribution is 2.47. The molecular weight excluding hydrogens is 727 g/mol. The smallest absolute Gasteiger partial charge is 0.280 e. The van der Waals surface area contributed by atoms with Crippen LogP contribution in [0.2, 0.25) is 0 Å². The van der Waals surface area contributed by atoms with E-state index in [0.29, 0.717) is 0 Å². The number of nitrogen functional groups attached to an aromatic ring is 1. The monoisotopic (exact) mass is 767 g/mol. The average Bonchev–Trinajstić information content (AvgIpc) is 3.84. The molecule has 0 spiro atoms. The lowest BCUT2D eigenvalue weighted by Crippen LogP contribution is -2.46. The number of aromatic nitrogens is 4.